The molecule has 1 aromatic rings. The molecule has 0 unspecified atom stereocenters. The van der Waals surface area contributed by atoms with Gasteiger partial charge in [-0.05, 0) is 18.6 Å². The maximum atomic E-state index is 11.6. The molecule has 0 N–H and O–H groups in total. The number of carbonyl (C=O) groups excluding carboxylic acids is 2. The molecule has 6 heteroatoms. The van der Waals surface area contributed by atoms with Gasteiger partial charge in [-0.1, -0.05) is 31.9 Å². The third kappa shape index (κ3) is 7.08. The fourth-order valence-corrected chi connectivity index (χ4v) is 1.65. The van der Waals surface area contributed by atoms with Crippen molar-refractivity contribution >= 4 is 11.9 Å². The summed E-state index contributed by atoms with van der Waals surface area (Å²) < 4.78 is 20.1. The Morgan fingerprint density at radius 2 is 1.68 bits per heavy atom. The Balaban J connectivity index is 2.22. The van der Waals surface area contributed by atoms with E-state index in [1.54, 1.807) is 24.3 Å². The van der Waals surface area contributed by atoms with Gasteiger partial charge in [0.1, 0.15) is 13.2 Å². The van der Waals surface area contributed by atoms with E-state index in [-0.39, 0.29) is 13.2 Å². The Labute approximate surface area is 130 Å². The number of para-hydroxylation sites is 2. The number of benzene rings is 1. The summed E-state index contributed by atoms with van der Waals surface area (Å²) in [5.41, 5.74) is 0. The first-order chi connectivity index (χ1) is 10.7. The van der Waals surface area contributed by atoms with E-state index in [1.165, 1.54) is 7.11 Å². The lowest BCUT2D eigenvalue weighted by Gasteiger charge is -2.09. The van der Waals surface area contributed by atoms with Crippen LogP contribution in [0.3, 0.4) is 0 Å². The molecule has 122 valence electrons. The molecule has 1 rings (SSSR count). The summed E-state index contributed by atoms with van der Waals surface area (Å²) in [5, 5.41) is 0. The Morgan fingerprint density at radius 1 is 1.00 bits per heavy atom. The van der Waals surface area contributed by atoms with Gasteiger partial charge in [0.2, 0.25) is 0 Å². The van der Waals surface area contributed by atoms with Crippen molar-refractivity contribution in [1.29, 1.82) is 0 Å². The third-order valence-corrected chi connectivity index (χ3v) is 2.74. The number of esters is 2. The van der Waals surface area contributed by atoms with Gasteiger partial charge >= 0.3 is 11.9 Å². The lowest BCUT2D eigenvalue weighted by atomic mass is 10.3. The van der Waals surface area contributed by atoms with Crippen molar-refractivity contribution in [2.75, 3.05) is 26.9 Å². The lowest BCUT2D eigenvalue weighted by Crippen LogP contribution is -2.20. The Hall–Kier alpha value is -2.08. The fourth-order valence-electron chi connectivity index (χ4n) is 1.65. The lowest BCUT2D eigenvalue weighted by molar-refractivity contribution is -0.152. The predicted octanol–water partition coefficient (Wildman–Crippen LogP) is 2.35. The number of rotatable bonds is 10. The number of methoxy groups -OCH3 is 1. The molecule has 0 aliphatic heterocycles. The highest BCUT2D eigenvalue weighted by Crippen LogP contribution is 2.25. The van der Waals surface area contributed by atoms with Crippen LogP contribution >= 0.6 is 0 Å². The second kappa shape index (κ2) is 10.6. The van der Waals surface area contributed by atoms with Crippen LogP contribution in [0.25, 0.3) is 0 Å². The van der Waals surface area contributed by atoms with Crippen LogP contribution in [0.4, 0.5) is 0 Å². The van der Waals surface area contributed by atoms with Gasteiger partial charge in [-0.25, -0.2) is 9.59 Å². The van der Waals surface area contributed by atoms with E-state index in [0.29, 0.717) is 18.1 Å². The van der Waals surface area contributed by atoms with Crippen molar-refractivity contribution in [3.05, 3.63) is 24.3 Å². The highest BCUT2D eigenvalue weighted by Gasteiger charge is 2.11. The predicted molar refractivity (Wildman–Crippen MR) is 79.9 cm³/mol. The van der Waals surface area contributed by atoms with E-state index in [2.05, 4.69) is 6.92 Å². The molecule has 0 aromatic heterocycles. The molecule has 22 heavy (non-hydrogen) atoms. The molecule has 0 saturated carbocycles. The van der Waals surface area contributed by atoms with Crippen LogP contribution in [0.1, 0.15) is 26.2 Å². The molecule has 0 radical (unpaired) electrons. The van der Waals surface area contributed by atoms with Gasteiger partial charge in [-0.3, -0.25) is 0 Å². The fraction of sp³-hybridized carbons (Fsp3) is 0.500. The zero-order valence-electron chi connectivity index (χ0n) is 13.0. The number of hydrogen-bond acceptors (Lipinski definition) is 6. The molecule has 0 atom stereocenters. The van der Waals surface area contributed by atoms with Crippen LogP contribution in [-0.4, -0.2) is 38.9 Å². The first-order valence-electron chi connectivity index (χ1n) is 7.24. The summed E-state index contributed by atoms with van der Waals surface area (Å²) in [6, 6.07) is 6.77. The number of unbranched alkanes of at least 4 members (excludes halogenated alkanes) is 2. The maximum Gasteiger partial charge on any atom is 0.337 e. The van der Waals surface area contributed by atoms with E-state index in [9.17, 15) is 9.59 Å². The maximum absolute atomic E-state index is 11.6. The van der Waals surface area contributed by atoms with E-state index < -0.39 is 11.9 Å². The van der Waals surface area contributed by atoms with Crippen molar-refractivity contribution in [3.63, 3.8) is 0 Å². The van der Waals surface area contributed by atoms with Gasteiger partial charge in [0.15, 0.2) is 11.5 Å². The SMILES string of the molecule is CCCCCOC(=O)COCC(=O)Oc1ccccc1OC. The van der Waals surface area contributed by atoms with E-state index in [4.69, 9.17) is 18.9 Å². The molecule has 0 spiro atoms. The molecule has 1 aromatic carbocycles. The second-order valence-electron chi connectivity index (χ2n) is 4.55. The molecule has 0 bridgehead atoms. The van der Waals surface area contributed by atoms with Crippen LogP contribution in [0, 0.1) is 0 Å². The van der Waals surface area contributed by atoms with E-state index in [0.717, 1.165) is 19.3 Å². The van der Waals surface area contributed by atoms with Gasteiger partial charge in [-0.15, -0.1) is 0 Å². The minimum atomic E-state index is -0.608. The van der Waals surface area contributed by atoms with Crippen LogP contribution in [-0.2, 0) is 19.1 Å². The van der Waals surface area contributed by atoms with Crippen LogP contribution in [0.15, 0.2) is 24.3 Å². The summed E-state index contributed by atoms with van der Waals surface area (Å²) in [7, 11) is 1.48. The van der Waals surface area contributed by atoms with Gasteiger partial charge < -0.3 is 18.9 Å². The number of ether oxygens (including phenoxy) is 4. The molecule has 0 amide bonds. The molecule has 0 heterocycles. The molecule has 0 aliphatic carbocycles. The minimum Gasteiger partial charge on any atom is -0.493 e. The Morgan fingerprint density at radius 3 is 2.36 bits per heavy atom. The van der Waals surface area contributed by atoms with Crippen LogP contribution < -0.4 is 9.47 Å². The minimum absolute atomic E-state index is 0.271. The summed E-state index contributed by atoms with van der Waals surface area (Å²) in [4.78, 5) is 22.9. The van der Waals surface area contributed by atoms with Crippen LogP contribution in [0.5, 0.6) is 11.5 Å². The highest BCUT2D eigenvalue weighted by molar-refractivity contribution is 5.75. The van der Waals surface area contributed by atoms with Crippen molar-refractivity contribution in [1.82, 2.24) is 0 Å². The van der Waals surface area contributed by atoms with Crippen molar-refractivity contribution in [2.24, 2.45) is 0 Å². The highest BCUT2D eigenvalue weighted by atomic mass is 16.6. The third-order valence-electron chi connectivity index (χ3n) is 2.74. The van der Waals surface area contributed by atoms with Gasteiger partial charge in [0, 0.05) is 0 Å². The van der Waals surface area contributed by atoms with E-state index in [1.807, 2.05) is 0 Å². The topological polar surface area (TPSA) is 71.1 Å². The monoisotopic (exact) mass is 310 g/mol. The summed E-state index contributed by atoms with van der Waals surface area (Å²) >= 11 is 0. The molecular weight excluding hydrogens is 288 g/mol. The van der Waals surface area contributed by atoms with Crippen molar-refractivity contribution < 1.29 is 28.5 Å². The quantitative estimate of drug-likeness (QED) is 0.375. The molecule has 0 saturated heterocycles. The Bertz CT molecular complexity index is 471. The van der Waals surface area contributed by atoms with Crippen molar-refractivity contribution in [3.8, 4) is 11.5 Å². The van der Waals surface area contributed by atoms with Gasteiger partial charge in [0.25, 0.3) is 0 Å². The second-order valence-corrected chi connectivity index (χ2v) is 4.55. The molecule has 6 nitrogen and oxygen atoms in total. The smallest absolute Gasteiger partial charge is 0.337 e. The van der Waals surface area contributed by atoms with E-state index >= 15 is 0 Å². The average molecular weight is 310 g/mol. The molecule has 0 fully saturated rings. The first kappa shape index (κ1) is 18.0. The van der Waals surface area contributed by atoms with Crippen LogP contribution in [0.2, 0.25) is 0 Å². The largest absolute Gasteiger partial charge is 0.493 e. The van der Waals surface area contributed by atoms with Crippen molar-refractivity contribution in [2.45, 2.75) is 26.2 Å². The Kier molecular flexibility index (Phi) is 8.67. The number of carbonyl (C=O) groups is 2. The zero-order chi connectivity index (χ0) is 16.2. The summed E-state index contributed by atoms with van der Waals surface area (Å²) in [5.74, 6) is -0.337. The summed E-state index contributed by atoms with van der Waals surface area (Å²) in [6.45, 7) is 1.84. The van der Waals surface area contributed by atoms with Gasteiger partial charge in [0.05, 0.1) is 13.7 Å². The number of hydrogen-bond donors (Lipinski definition) is 0. The normalized spacial score (nSPS) is 10.1. The first-order valence-corrected chi connectivity index (χ1v) is 7.24. The van der Waals surface area contributed by atoms with Gasteiger partial charge in [-0.2, -0.15) is 0 Å². The summed E-state index contributed by atoms with van der Waals surface area (Å²) in [6.07, 6.45) is 2.90. The average Bonchev–Trinajstić information content (AvgIpc) is 2.52. The zero-order valence-corrected chi connectivity index (χ0v) is 13.0. The molecular formula is C16H22O6. The standard InChI is InChI=1S/C16H22O6/c1-3-4-7-10-21-15(17)11-20-12-16(18)22-14-9-6-5-8-13(14)19-2/h5-6,8-9H,3-4,7,10-12H2,1-2H3. The molecule has 0 aliphatic rings.